The second-order valence-corrected chi connectivity index (χ2v) is 9.64. The van der Waals surface area contributed by atoms with E-state index in [0.717, 1.165) is 0 Å². The molecule has 1 aromatic heterocycles. The number of halogens is 1. The van der Waals surface area contributed by atoms with Gasteiger partial charge in [0.1, 0.15) is 15.9 Å². The largest absolute Gasteiger partial charge is 1.00 e. The van der Waals surface area contributed by atoms with Crippen LogP contribution in [-0.2, 0) is 0 Å². The van der Waals surface area contributed by atoms with Gasteiger partial charge in [-0.1, -0.05) is 60.7 Å². The highest BCUT2D eigenvalue weighted by molar-refractivity contribution is 8.01. The summed E-state index contributed by atoms with van der Waals surface area (Å²) >= 11 is 0. The van der Waals surface area contributed by atoms with E-state index in [1.54, 1.807) is 0 Å². The van der Waals surface area contributed by atoms with Gasteiger partial charge in [0.15, 0.2) is 7.26 Å². The molecule has 0 radical (unpaired) electrons. The van der Waals surface area contributed by atoms with Crippen LogP contribution >= 0.6 is 7.26 Å². The van der Waals surface area contributed by atoms with Crippen molar-refractivity contribution in [2.75, 3.05) is 0 Å². The highest BCUT2D eigenvalue weighted by Crippen LogP contribution is 2.54. The Morgan fingerprint density at radius 3 is 1.33 bits per heavy atom. The van der Waals surface area contributed by atoms with Crippen LogP contribution in [0.3, 0.4) is 0 Å². The van der Waals surface area contributed by atoms with Gasteiger partial charge in [0.05, 0.1) is 0 Å². The molecule has 3 heteroatoms. The number of benzene rings is 3. The topological polar surface area (TPSA) is 12.9 Å². The van der Waals surface area contributed by atoms with Crippen molar-refractivity contribution in [3.63, 3.8) is 0 Å². The normalized spacial score (nSPS) is 10.9. The van der Waals surface area contributed by atoms with Crippen LogP contribution < -0.4 is 38.3 Å². The summed E-state index contributed by atoms with van der Waals surface area (Å²) in [4.78, 5) is 4.93. The van der Waals surface area contributed by atoms with Gasteiger partial charge in [-0.25, -0.2) is 4.98 Å². The molecule has 27 heavy (non-hydrogen) atoms. The highest BCUT2D eigenvalue weighted by Gasteiger charge is 2.50. The van der Waals surface area contributed by atoms with Crippen molar-refractivity contribution >= 4 is 28.6 Å². The summed E-state index contributed by atoms with van der Waals surface area (Å²) in [6.45, 7) is 2.17. The van der Waals surface area contributed by atoms with Gasteiger partial charge in [0.25, 0.3) is 0 Å². The fraction of sp³-hybridized carbons (Fsp3) is 0.0417. The number of aryl methyl sites for hydroxylation is 1. The standard InChI is InChI=1S/C24H21NP.BrH/c1-20-12-11-19-25-24(20)26(21-13-5-2-6-14-21,22-15-7-3-8-16-22)23-17-9-4-10-18-23;/h2-19H,1H3;1H/q+1;/p-1. The minimum Gasteiger partial charge on any atom is -1.00 e. The lowest BCUT2D eigenvalue weighted by Crippen LogP contribution is -3.00. The van der Waals surface area contributed by atoms with Gasteiger partial charge in [-0.05, 0) is 49.4 Å². The third kappa shape index (κ3) is 3.48. The molecule has 0 aliphatic carbocycles. The van der Waals surface area contributed by atoms with Crippen LogP contribution in [0.2, 0.25) is 0 Å². The second-order valence-electron chi connectivity index (χ2n) is 6.32. The van der Waals surface area contributed by atoms with Crippen LogP contribution in [0.4, 0.5) is 0 Å². The summed E-state index contributed by atoms with van der Waals surface area (Å²) in [5.41, 5.74) is 2.42. The fourth-order valence-corrected chi connectivity index (χ4v) is 7.93. The summed E-state index contributed by atoms with van der Waals surface area (Å²) in [6.07, 6.45) is 1.92. The molecule has 0 bridgehead atoms. The van der Waals surface area contributed by atoms with Crippen LogP contribution in [-0.4, -0.2) is 4.98 Å². The van der Waals surface area contributed by atoms with Crippen LogP contribution in [0.15, 0.2) is 109 Å². The molecule has 4 rings (SSSR count). The quantitative estimate of drug-likeness (QED) is 0.437. The SMILES string of the molecule is Cc1cccnc1[P+](c1ccccc1)(c1ccccc1)c1ccccc1.[Br-]. The van der Waals surface area contributed by atoms with Crippen molar-refractivity contribution in [1.29, 1.82) is 0 Å². The van der Waals surface area contributed by atoms with E-state index >= 15 is 0 Å². The summed E-state index contributed by atoms with van der Waals surface area (Å²) in [6, 6.07) is 36.8. The highest BCUT2D eigenvalue weighted by atomic mass is 79.9. The van der Waals surface area contributed by atoms with Crippen molar-refractivity contribution < 1.29 is 17.0 Å². The van der Waals surface area contributed by atoms with Gasteiger partial charge >= 0.3 is 0 Å². The zero-order chi connectivity index (χ0) is 17.8. The van der Waals surface area contributed by atoms with Gasteiger partial charge in [0, 0.05) is 11.8 Å². The molecule has 0 spiro atoms. The Labute approximate surface area is 172 Å². The Morgan fingerprint density at radius 2 is 0.963 bits per heavy atom. The predicted molar refractivity (Wildman–Crippen MR) is 114 cm³/mol. The molecule has 134 valence electrons. The van der Waals surface area contributed by atoms with E-state index in [0.29, 0.717) is 0 Å². The predicted octanol–water partition coefficient (Wildman–Crippen LogP) is 1.01. The zero-order valence-electron chi connectivity index (χ0n) is 15.2. The van der Waals surface area contributed by atoms with E-state index < -0.39 is 7.26 Å². The Balaban J connectivity index is 0.00000210. The lowest BCUT2D eigenvalue weighted by Gasteiger charge is -2.27. The molecule has 0 N–H and O–H groups in total. The van der Waals surface area contributed by atoms with Crippen LogP contribution in [0.5, 0.6) is 0 Å². The molecule has 0 saturated carbocycles. The van der Waals surface area contributed by atoms with Crippen molar-refractivity contribution in [3.05, 3.63) is 115 Å². The van der Waals surface area contributed by atoms with Crippen LogP contribution in [0.25, 0.3) is 0 Å². The maximum atomic E-state index is 4.93. The third-order valence-electron chi connectivity index (χ3n) is 4.73. The summed E-state index contributed by atoms with van der Waals surface area (Å²) in [5.74, 6) is 0. The molecule has 1 nitrogen and oxygen atoms in total. The molecule has 0 atom stereocenters. The molecular weight excluding hydrogens is 413 g/mol. The number of nitrogens with zero attached hydrogens (tertiary/aromatic N) is 1. The van der Waals surface area contributed by atoms with Crippen LogP contribution in [0, 0.1) is 6.92 Å². The molecule has 0 aliphatic heterocycles. The Kier molecular flexibility index (Phi) is 6.21. The van der Waals surface area contributed by atoms with Gasteiger partial charge in [-0.3, -0.25) is 0 Å². The van der Waals surface area contributed by atoms with Crippen molar-refractivity contribution in [1.82, 2.24) is 4.98 Å². The first-order valence-corrected chi connectivity index (χ1v) is 10.6. The Morgan fingerprint density at radius 1 is 0.556 bits per heavy atom. The number of pyridine rings is 1. The molecule has 0 saturated heterocycles. The summed E-state index contributed by atoms with van der Waals surface area (Å²) < 4.78 is 0. The number of aromatic nitrogens is 1. The minimum atomic E-state index is -2.05. The number of hydrogen-bond acceptors (Lipinski definition) is 1. The van der Waals surface area contributed by atoms with Crippen molar-refractivity contribution in [2.24, 2.45) is 0 Å². The Bertz CT molecular complexity index is 892. The lowest BCUT2D eigenvalue weighted by molar-refractivity contribution is -0.00000509. The molecule has 4 aromatic rings. The average molecular weight is 434 g/mol. The van der Waals surface area contributed by atoms with E-state index in [9.17, 15) is 0 Å². The fourth-order valence-electron chi connectivity index (χ4n) is 3.60. The Hall–Kier alpha value is -2.28. The molecular formula is C24H21BrNP. The third-order valence-corrected chi connectivity index (χ3v) is 9.05. The second kappa shape index (κ2) is 8.61. The minimum absolute atomic E-state index is 0. The van der Waals surface area contributed by atoms with Gasteiger partial charge in [-0.15, -0.1) is 0 Å². The van der Waals surface area contributed by atoms with Gasteiger partial charge < -0.3 is 17.0 Å². The van der Waals surface area contributed by atoms with E-state index in [4.69, 9.17) is 4.98 Å². The van der Waals surface area contributed by atoms with E-state index in [1.807, 2.05) is 12.3 Å². The smallest absolute Gasteiger partial charge is 0.201 e. The zero-order valence-corrected chi connectivity index (χ0v) is 17.6. The van der Waals surface area contributed by atoms with E-state index in [2.05, 4.69) is 104 Å². The first-order chi connectivity index (χ1) is 12.8. The molecule has 0 aliphatic rings. The van der Waals surface area contributed by atoms with Gasteiger partial charge in [-0.2, -0.15) is 0 Å². The maximum Gasteiger partial charge on any atom is 0.201 e. The van der Waals surface area contributed by atoms with Crippen molar-refractivity contribution in [2.45, 2.75) is 6.92 Å². The molecule has 0 amide bonds. The molecule has 0 fully saturated rings. The summed E-state index contributed by atoms with van der Waals surface area (Å²) in [7, 11) is -2.05. The van der Waals surface area contributed by atoms with Crippen molar-refractivity contribution in [3.8, 4) is 0 Å². The monoisotopic (exact) mass is 433 g/mol. The first-order valence-electron chi connectivity index (χ1n) is 8.81. The molecule has 1 heterocycles. The lowest BCUT2D eigenvalue weighted by atomic mass is 10.3. The molecule has 3 aromatic carbocycles. The van der Waals surface area contributed by atoms with Gasteiger partial charge in [0.2, 0.25) is 5.44 Å². The number of hydrogen-bond donors (Lipinski definition) is 0. The van der Waals surface area contributed by atoms with Crippen LogP contribution in [0.1, 0.15) is 5.56 Å². The van der Waals surface area contributed by atoms with E-state index in [1.165, 1.54) is 26.9 Å². The average Bonchev–Trinajstić information content (AvgIpc) is 2.72. The summed E-state index contributed by atoms with van der Waals surface area (Å²) in [5, 5.41) is 4.00. The molecule has 0 unspecified atom stereocenters. The maximum absolute atomic E-state index is 4.93. The van der Waals surface area contributed by atoms with E-state index in [-0.39, 0.29) is 17.0 Å². The number of rotatable bonds is 4. The first kappa shape index (κ1) is 19.5.